The molecule has 1 aromatic carbocycles. The van der Waals surface area contributed by atoms with E-state index in [1.807, 2.05) is 32.9 Å². The van der Waals surface area contributed by atoms with Crippen molar-refractivity contribution in [3.63, 3.8) is 0 Å². The Morgan fingerprint density at radius 1 is 1.32 bits per heavy atom. The Morgan fingerprint density at radius 2 is 1.95 bits per heavy atom. The lowest BCUT2D eigenvalue weighted by Gasteiger charge is -2.22. The highest BCUT2D eigenvalue weighted by Gasteiger charge is 2.52. The zero-order valence-electron chi connectivity index (χ0n) is 12.1. The molecule has 0 spiro atoms. The molecule has 104 valence electrons. The first kappa shape index (κ1) is 13.9. The van der Waals surface area contributed by atoms with E-state index in [0.29, 0.717) is 18.4 Å². The van der Waals surface area contributed by atoms with Gasteiger partial charge in [-0.05, 0) is 56.7 Å². The molecule has 0 heterocycles. The zero-order valence-corrected chi connectivity index (χ0v) is 12.1. The van der Waals surface area contributed by atoms with E-state index in [2.05, 4.69) is 12.1 Å². The van der Waals surface area contributed by atoms with Gasteiger partial charge in [0.15, 0.2) is 0 Å². The van der Waals surface area contributed by atoms with Crippen molar-refractivity contribution in [3.05, 3.63) is 29.8 Å². The first-order chi connectivity index (χ1) is 9.00. The van der Waals surface area contributed by atoms with Crippen LogP contribution in [0.4, 0.5) is 0 Å². The predicted octanol–water partition coefficient (Wildman–Crippen LogP) is 3.39. The van der Waals surface area contributed by atoms with Gasteiger partial charge in [0.1, 0.15) is 5.75 Å². The summed E-state index contributed by atoms with van der Waals surface area (Å²) < 4.78 is 10.3. The van der Waals surface area contributed by atoms with E-state index in [4.69, 9.17) is 9.47 Å². The molecule has 2 atom stereocenters. The number of carbonyl (C=O) groups excluding carboxylic acids is 1. The average molecular weight is 262 g/mol. The van der Waals surface area contributed by atoms with E-state index in [1.165, 1.54) is 5.56 Å². The Bertz CT molecular complexity index is 448. The smallest absolute Gasteiger partial charge is 0.311 e. The second kappa shape index (κ2) is 5.24. The summed E-state index contributed by atoms with van der Waals surface area (Å²) in [5.41, 5.74) is 0.879. The molecule has 1 aromatic rings. The van der Waals surface area contributed by atoms with Crippen LogP contribution in [0.3, 0.4) is 0 Å². The molecule has 0 aromatic heterocycles. The maximum Gasteiger partial charge on any atom is 0.311 e. The number of hydrogen-bond acceptors (Lipinski definition) is 3. The van der Waals surface area contributed by atoms with Crippen LogP contribution in [0.5, 0.6) is 5.75 Å². The SMILES string of the molecule is CCOC(=O)C(C)(C)[C@@H]1C[C@H]1c1ccc(OC)cc1. The summed E-state index contributed by atoms with van der Waals surface area (Å²) in [5, 5.41) is 0. The molecule has 3 heteroatoms. The number of methoxy groups -OCH3 is 1. The summed E-state index contributed by atoms with van der Waals surface area (Å²) in [6, 6.07) is 8.12. The van der Waals surface area contributed by atoms with Gasteiger partial charge in [-0.2, -0.15) is 0 Å². The largest absolute Gasteiger partial charge is 0.497 e. The van der Waals surface area contributed by atoms with E-state index >= 15 is 0 Å². The Labute approximate surface area is 114 Å². The van der Waals surface area contributed by atoms with E-state index < -0.39 is 5.41 Å². The fourth-order valence-corrected chi connectivity index (χ4v) is 2.68. The van der Waals surface area contributed by atoms with Crippen molar-refractivity contribution >= 4 is 5.97 Å². The second-order valence-corrected chi connectivity index (χ2v) is 5.66. The Kier molecular flexibility index (Phi) is 3.83. The van der Waals surface area contributed by atoms with Crippen LogP contribution in [0.15, 0.2) is 24.3 Å². The molecular weight excluding hydrogens is 240 g/mol. The highest BCUT2D eigenvalue weighted by Crippen LogP contribution is 2.57. The van der Waals surface area contributed by atoms with Crippen LogP contribution in [0.2, 0.25) is 0 Å². The topological polar surface area (TPSA) is 35.5 Å². The lowest BCUT2D eigenvalue weighted by atomic mass is 9.85. The van der Waals surface area contributed by atoms with Gasteiger partial charge in [0.25, 0.3) is 0 Å². The van der Waals surface area contributed by atoms with E-state index in [0.717, 1.165) is 12.2 Å². The second-order valence-electron chi connectivity index (χ2n) is 5.66. The normalized spacial score (nSPS) is 21.9. The van der Waals surface area contributed by atoms with Crippen molar-refractivity contribution in [3.8, 4) is 5.75 Å². The monoisotopic (exact) mass is 262 g/mol. The van der Waals surface area contributed by atoms with E-state index in [9.17, 15) is 4.79 Å². The van der Waals surface area contributed by atoms with Gasteiger partial charge < -0.3 is 9.47 Å². The quantitative estimate of drug-likeness (QED) is 0.763. The molecule has 1 aliphatic rings. The Morgan fingerprint density at radius 3 is 2.47 bits per heavy atom. The molecular formula is C16H22O3. The van der Waals surface area contributed by atoms with E-state index in [-0.39, 0.29) is 5.97 Å². The summed E-state index contributed by atoms with van der Waals surface area (Å²) in [6.45, 7) is 6.27. The van der Waals surface area contributed by atoms with E-state index in [1.54, 1.807) is 7.11 Å². The third-order valence-corrected chi connectivity index (χ3v) is 4.06. The zero-order chi connectivity index (χ0) is 14.0. The number of benzene rings is 1. The number of rotatable bonds is 5. The number of carbonyl (C=O) groups is 1. The molecule has 2 rings (SSSR count). The van der Waals surface area contributed by atoms with Crippen LogP contribution in [0.25, 0.3) is 0 Å². The molecule has 0 amide bonds. The van der Waals surface area contributed by atoms with Crippen LogP contribution in [-0.4, -0.2) is 19.7 Å². The van der Waals surface area contributed by atoms with Gasteiger partial charge in [-0.25, -0.2) is 0 Å². The third kappa shape index (κ3) is 2.75. The molecule has 19 heavy (non-hydrogen) atoms. The van der Waals surface area contributed by atoms with Gasteiger partial charge in [-0.1, -0.05) is 12.1 Å². The fourth-order valence-electron chi connectivity index (χ4n) is 2.68. The number of hydrogen-bond donors (Lipinski definition) is 0. The standard InChI is InChI=1S/C16H22O3/c1-5-19-15(17)16(2,3)14-10-13(14)11-6-8-12(18-4)9-7-11/h6-9,13-14H,5,10H2,1-4H3/t13-,14+/m0/s1. The molecule has 0 N–H and O–H groups in total. The molecule has 1 aliphatic carbocycles. The van der Waals surface area contributed by atoms with Crippen molar-refractivity contribution in [2.75, 3.05) is 13.7 Å². The summed E-state index contributed by atoms with van der Waals surface area (Å²) in [7, 11) is 1.67. The van der Waals surface area contributed by atoms with Crippen LogP contribution in [0.1, 0.15) is 38.7 Å². The molecule has 0 radical (unpaired) electrons. The summed E-state index contributed by atoms with van der Waals surface area (Å²) >= 11 is 0. The van der Waals surface area contributed by atoms with Gasteiger partial charge in [0, 0.05) is 0 Å². The van der Waals surface area contributed by atoms with Gasteiger partial charge in [-0.15, -0.1) is 0 Å². The first-order valence-electron chi connectivity index (χ1n) is 6.81. The van der Waals surface area contributed by atoms with Crippen molar-refractivity contribution in [2.45, 2.75) is 33.1 Å². The van der Waals surface area contributed by atoms with Crippen LogP contribution < -0.4 is 4.74 Å². The molecule has 1 fully saturated rings. The van der Waals surface area contributed by atoms with Crippen molar-refractivity contribution in [1.82, 2.24) is 0 Å². The minimum absolute atomic E-state index is 0.0870. The predicted molar refractivity (Wildman–Crippen MR) is 74.3 cm³/mol. The minimum Gasteiger partial charge on any atom is -0.497 e. The average Bonchev–Trinajstić information content (AvgIpc) is 3.20. The van der Waals surface area contributed by atoms with Gasteiger partial charge in [0.05, 0.1) is 19.1 Å². The van der Waals surface area contributed by atoms with Crippen molar-refractivity contribution in [1.29, 1.82) is 0 Å². The molecule has 0 bridgehead atoms. The first-order valence-corrected chi connectivity index (χ1v) is 6.81. The number of esters is 1. The summed E-state index contributed by atoms with van der Waals surface area (Å²) in [5.74, 6) is 1.62. The maximum absolute atomic E-state index is 12.0. The lowest BCUT2D eigenvalue weighted by molar-refractivity contribution is -0.154. The highest BCUT2D eigenvalue weighted by molar-refractivity contribution is 5.77. The lowest BCUT2D eigenvalue weighted by Crippen LogP contribution is -2.29. The van der Waals surface area contributed by atoms with Crippen LogP contribution in [-0.2, 0) is 9.53 Å². The highest BCUT2D eigenvalue weighted by atomic mass is 16.5. The minimum atomic E-state index is -0.402. The maximum atomic E-state index is 12.0. The molecule has 3 nitrogen and oxygen atoms in total. The van der Waals surface area contributed by atoms with Crippen LogP contribution in [0, 0.1) is 11.3 Å². The molecule has 0 saturated heterocycles. The fraction of sp³-hybridized carbons (Fsp3) is 0.562. The van der Waals surface area contributed by atoms with Crippen molar-refractivity contribution < 1.29 is 14.3 Å². The van der Waals surface area contributed by atoms with Crippen molar-refractivity contribution in [2.24, 2.45) is 11.3 Å². The molecule has 0 unspecified atom stereocenters. The van der Waals surface area contributed by atoms with Gasteiger partial charge >= 0.3 is 5.97 Å². The van der Waals surface area contributed by atoms with Gasteiger partial charge in [-0.3, -0.25) is 4.79 Å². The summed E-state index contributed by atoms with van der Waals surface area (Å²) in [4.78, 5) is 12.0. The number of ether oxygens (including phenoxy) is 2. The Hall–Kier alpha value is -1.51. The third-order valence-electron chi connectivity index (χ3n) is 4.06. The molecule has 1 saturated carbocycles. The van der Waals surface area contributed by atoms with Crippen LogP contribution >= 0.6 is 0 Å². The molecule has 0 aliphatic heterocycles. The van der Waals surface area contributed by atoms with Gasteiger partial charge in [0.2, 0.25) is 0 Å². The Balaban J connectivity index is 2.04. The summed E-state index contributed by atoms with van der Waals surface area (Å²) in [6.07, 6.45) is 1.05.